The molecule has 1 saturated heterocycles. The number of hydrogen-bond donors (Lipinski definition) is 0. The zero-order chi connectivity index (χ0) is 9.86. The molecule has 0 aromatic heterocycles. The summed E-state index contributed by atoms with van der Waals surface area (Å²) in [5.41, 5.74) is 0.329. The summed E-state index contributed by atoms with van der Waals surface area (Å²) in [5.74, 6) is 0.944. The van der Waals surface area contributed by atoms with Crippen LogP contribution in [-0.4, -0.2) is 17.5 Å². The van der Waals surface area contributed by atoms with E-state index in [1.165, 1.54) is 51.4 Å². The highest BCUT2D eigenvalue weighted by molar-refractivity contribution is 9.09. The molecule has 1 unspecified atom stereocenters. The molecule has 2 heteroatoms. The molecule has 82 valence electrons. The van der Waals surface area contributed by atoms with Gasteiger partial charge in [-0.15, -0.1) is 0 Å². The van der Waals surface area contributed by atoms with Crippen LogP contribution >= 0.6 is 15.9 Å². The number of alkyl halides is 1. The van der Waals surface area contributed by atoms with E-state index in [1.54, 1.807) is 0 Å². The van der Waals surface area contributed by atoms with E-state index in [0.29, 0.717) is 5.60 Å². The quantitative estimate of drug-likeness (QED) is 0.700. The van der Waals surface area contributed by atoms with Gasteiger partial charge < -0.3 is 4.74 Å². The fourth-order valence-electron chi connectivity index (χ4n) is 3.11. The Kier molecular flexibility index (Phi) is 3.89. The third kappa shape index (κ3) is 2.52. The van der Waals surface area contributed by atoms with E-state index in [4.69, 9.17) is 4.74 Å². The second-order valence-electron chi connectivity index (χ2n) is 4.93. The molecular formula is C12H21BrO. The van der Waals surface area contributed by atoms with Crippen molar-refractivity contribution < 1.29 is 4.74 Å². The molecule has 2 aliphatic rings. The second kappa shape index (κ2) is 4.98. The van der Waals surface area contributed by atoms with Crippen LogP contribution in [0.4, 0.5) is 0 Å². The van der Waals surface area contributed by atoms with Crippen molar-refractivity contribution in [2.75, 3.05) is 11.9 Å². The van der Waals surface area contributed by atoms with E-state index < -0.39 is 0 Å². The highest BCUT2D eigenvalue weighted by atomic mass is 79.9. The second-order valence-corrected chi connectivity index (χ2v) is 5.72. The topological polar surface area (TPSA) is 9.23 Å². The molecule has 1 heterocycles. The predicted molar refractivity (Wildman–Crippen MR) is 62.9 cm³/mol. The zero-order valence-electron chi connectivity index (χ0n) is 8.93. The minimum absolute atomic E-state index is 0.329. The Morgan fingerprint density at radius 2 is 2.07 bits per heavy atom. The van der Waals surface area contributed by atoms with E-state index in [2.05, 4.69) is 15.9 Å². The summed E-state index contributed by atoms with van der Waals surface area (Å²) in [4.78, 5) is 0. The van der Waals surface area contributed by atoms with Gasteiger partial charge in [-0.05, 0) is 44.4 Å². The molecule has 0 aromatic rings. The molecule has 1 nitrogen and oxygen atoms in total. The SMILES string of the molecule is BrCCCC1CCOC2(CCCC2)C1. The summed E-state index contributed by atoms with van der Waals surface area (Å²) in [5, 5.41) is 1.16. The van der Waals surface area contributed by atoms with E-state index in [0.717, 1.165) is 17.9 Å². The van der Waals surface area contributed by atoms with Gasteiger partial charge in [0.15, 0.2) is 0 Å². The molecule has 1 spiro atoms. The van der Waals surface area contributed by atoms with Gasteiger partial charge in [0.2, 0.25) is 0 Å². The van der Waals surface area contributed by atoms with Crippen molar-refractivity contribution in [3.63, 3.8) is 0 Å². The molecule has 0 amide bonds. The van der Waals surface area contributed by atoms with Crippen molar-refractivity contribution in [3.8, 4) is 0 Å². The van der Waals surface area contributed by atoms with Crippen molar-refractivity contribution in [2.24, 2.45) is 5.92 Å². The number of hydrogen-bond acceptors (Lipinski definition) is 1. The van der Waals surface area contributed by atoms with E-state index in [1.807, 2.05) is 0 Å². The minimum atomic E-state index is 0.329. The Labute approximate surface area is 95.7 Å². The lowest BCUT2D eigenvalue weighted by Crippen LogP contribution is -2.37. The Balaban J connectivity index is 1.83. The van der Waals surface area contributed by atoms with Crippen molar-refractivity contribution in [1.29, 1.82) is 0 Å². The molecule has 2 fully saturated rings. The summed E-state index contributed by atoms with van der Waals surface area (Å²) >= 11 is 3.52. The van der Waals surface area contributed by atoms with Crippen LogP contribution in [0.25, 0.3) is 0 Å². The molecule has 1 atom stereocenters. The maximum absolute atomic E-state index is 6.02. The lowest BCUT2D eigenvalue weighted by atomic mass is 9.82. The maximum atomic E-state index is 6.02. The number of halogens is 1. The van der Waals surface area contributed by atoms with Crippen LogP contribution in [0.2, 0.25) is 0 Å². The third-order valence-electron chi connectivity index (χ3n) is 3.86. The predicted octanol–water partition coefficient (Wildman–Crippen LogP) is 3.90. The van der Waals surface area contributed by atoms with E-state index in [9.17, 15) is 0 Å². The van der Waals surface area contributed by atoms with Crippen molar-refractivity contribution >= 4 is 15.9 Å². The lowest BCUT2D eigenvalue weighted by Gasteiger charge is -2.38. The Hall–Kier alpha value is 0.440. The summed E-state index contributed by atoms with van der Waals surface area (Å²) in [7, 11) is 0. The molecule has 0 radical (unpaired) electrons. The smallest absolute Gasteiger partial charge is 0.0685 e. The number of rotatable bonds is 3. The zero-order valence-corrected chi connectivity index (χ0v) is 10.5. The van der Waals surface area contributed by atoms with Crippen molar-refractivity contribution in [3.05, 3.63) is 0 Å². The largest absolute Gasteiger partial charge is 0.375 e. The van der Waals surface area contributed by atoms with Crippen LogP contribution in [0.15, 0.2) is 0 Å². The molecular weight excluding hydrogens is 240 g/mol. The molecule has 0 bridgehead atoms. The van der Waals surface area contributed by atoms with Crippen LogP contribution in [0.1, 0.15) is 51.4 Å². The van der Waals surface area contributed by atoms with Crippen LogP contribution < -0.4 is 0 Å². The molecule has 1 saturated carbocycles. The van der Waals surface area contributed by atoms with Gasteiger partial charge >= 0.3 is 0 Å². The summed E-state index contributed by atoms with van der Waals surface area (Å²) in [6.07, 6.45) is 10.8. The van der Waals surface area contributed by atoms with E-state index >= 15 is 0 Å². The standard InChI is InChI=1S/C12H21BrO/c13-8-3-4-11-5-9-14-12(10-11)6-1-2-7-12/h11H,1-10H2. The average Bonchev–Trinajstić information content (AvgIpc) is 2.63. The fourth-order valence-corrected chi connectivity index (χ4v) is 3.43. The monoisotopic (exact) mass is 260 g/mol. The van der Waals surface area contributed by atoms with Gasteiger partial charge in [-0.3, -0.25) is 0 Å². The molecule has 2 rings (SSSR count). The summed E-state index contributed by atoms with van der Waals surface area (Å²) < 4.78 is 6.02. The van der Waals surface area contributed by atoms with Crippen molar-refractivity contribution in [1.82, 2.24) is 0 Å². The fraction of sp³-hybridized carbons (Fsp3) is 1.00. The summed E-state index contributed by atoms with van der Waals surface area (Å²) in [6, 6.07) is 0. The van der Waals surface area contributed by atoms with Crippen LogP contribution in [0, 0.1) is 5.92 Å². The van der Waals surface area contributed by atoms with Gasteiger partial charge in [-0.2, -0.15) is 0 Å². The first kappa shape index (κ1) is 10.9. The van der Waals surface area contributed by atoms with Gasteiger partial charge in [0.1, 0.15) is 0 Å². The molecule has 14 heavy (non-hydrogen) atoms. The van der Waals surface area contributed by atoms with Crippen molar-refractivity contribution in [2.45, 2.75) is 57.0 Å². The van der Waals surface area contributed by atoms with Gasteiger partial charge in [-0.1, -0.05) is 28.8 Å². The first-order valence-electron chi connectivity index (χ1n) is 6.05. The molecule has 0 aromatic carbocycles. The van der Waals surface area contributed by atoms with E-state index in [-0.39, 0.29) is 0 Å². The Bertz CT molecular complexity index is 175. The first-order valence-corrected chi connectivity index (χ1v) is 7.17. The number of ether oxygens (including phenoxy) is 1. The van der Waals surface area contributed by atoms with Gasteiger partial charge in [0, 0.05) is 11.9 Å². The van der Waals surface area contributed by atoms with Gasteiger partial charge in [0.25, 0.3) is 0 Å². The highest BCUT2D eigenvalue weighted by Crippen LogP contribution is 2.43. The first-order chi connectivity index (χ1) is 6.85. The lowest BCUT2D eigenvalue weighted by molar-refractivity contribution is -0.0936. The average molecular weight is 261 g/mol. The van der Waals surface area contributed by atoms with Crippen LogP contribution in [0.3, 0.4) is 0 Å². The Morgan fingerprint density at radius 1 is 1.29 bits per heavy atom. The Morgan fingerprint density at radius 3 is 2.79 bits per heavy atom. The maximum Gasteiger partial charge on any atom is 0.0685 e. The normalized spacial score (nSPS) is 31.1. The molecule has 1 aliphatic heterocycles. The molecule has 0 N–H and O–H groups in total. The third-order valence-corrected chi connectivity index (χ3v) is 4.42. The summed E-state index contributed by atoms with van der Waals surface area (Å²) in [6.45, 7) is 1.02. The molecule has 1 aliphatic carbocycles. The minimum Gasteiger partial charge on any atom is -0.375 e. The highest BCUT2D eigenvalue weighted by Gasteiger charge is 2.39. The van der Waals surface area contributed by atoms with Crippen LogP contribution in [0.5, 0.6) is 0 Å². The van der Waals surface area contributed by atoms with Gasteiger partial charge in [0.05, 0.1) is 5.60 Å². The van der Waals surface area contributed by atoms with Crippen LogP contribution in [-0.2, 0) is 4.74 Å². The van der Waals surface area contributed by atoms with Gasteiger partial charge in [-0.25, -0.2) is 0 Å².